The highest BCUT2D eigenvalue weighted by atomic mass is 32.2. The molecule has 0 spiro atoms. The van der Waals surface area contributed by atoms with Crippen molar-refractivity contribution >= 4 is 21.6 Å². The minimum Gasteiger partial charge on any atom is -0.325 e. The Morgan fingerprint density at radius 2 is 1.66 bits per heavy atom. The van der Waals surface area contributed by atoms with Crippen molar-refractivity contribution < 1.29 is 26.4 Å². The Morgan fingerprint density at radius 1 is 0.969 bits per heavy atom. The van der Waals surface area contributed by atoms with Gasteiger partial charge in [-0.1, -0.05) is 18.2 Å². The number of sulfonamides is 1. The van der Waals surface area contributed by atoms with Gasteiger partial charge in [-0.25, -0.2) is 8.42 Å². The van der Waals surface area contributed by atoms with Gasteiger partial charge in [0.2, 0.25) is 15.9 Å². The Kier molecular flexibility index (Phi) is 6.28. The van der Waals surface area contributed by atoms with E-state index in [0.29, 0.717) is 0 Å². The average molecular weight is 468 g/mol. The summed E-state index contributed by atoms with van der Waals surface area (Å²) in [6.45, 7) is 0.626. The lowest BCUT2D eigenvalue weighted by molar-refractivity contribution is -0.140. The van der Waals surface area contributed by atoms with Gasteiger partial charge in [-0.2, -0.15) is 17.5 Å². The number of hydrogen-bond donors (Lipinski definition) is 1. The van der Waals surface area contributed by atoms with Crippen LogP contribution >= 0.6 is 0 Å². The summed E-state index contributed by atoms with van der Waals surface area (Å²) >= 11 is 0. The van der Waals surface area contributed by atoms with Crippen molar-refractivity contribution in [2.75, 3.05) is 38.0 Å². The molecule has 32 heavy (non-hydrogen) atoms. The second-order valence-electron chi connectivity index (χ2n) is 8.06. The maximum Gasteiger partial charge on any atom is 0.417 e. The fraction of sp³-hybridized carbons (Fsp3) is 0.409. The summed E-state index contributed by atoms with van der Waals surface area (Å²) in [5.41, 5.74) is 2.13. The molecule has 1 aliphatic heterocycles. The maximum atomic E-state index is 13.3. The van der Waals surface area contributed by atoms with E-state index in [0.717, 1.165) is 41.4 Å². The summed E-state index contributed by atoms with van der Waals surface area (Å²) < 4.78 is 66.5. The molecule has 172 valence electrons. The van der Waals surface area contributed by atoms with Crippen molar-refractivity contribution in [3.63, 3.8) is 0 Å². The number of alkyl halides is 3. The SMILES string of the molecule is O=C(CN1CCN(S(=O)(=O)c2ccccc2C(F)(F)F)CC1)Nc1ccc2c(c1)CCC2. The molecular formula is C22H24F3N3O3S. The highest BCUT2D eigenvalue weighted by Crippen LogP contribution is 2.35. The number of nitrogens with zero attached hydrogens (tertiary/aromatic N) is 2. The predicted molar refractivity (Wildman–Crippen MR) is 114 cm³/mol. The van der Waals surface area contributed by atoms with E-state index < -0.39 is 26.7 Å². The highest BCUT2D eigenvalue weighted by molar-refractivity contribution is 7.89. The summed E-state index contributed by atoms with van der Waals surface area (Å²) in [7, 11) is -4.30. The minimum atomic E-state index is -4.76. The molecule has 0 bridgehead atoms. The van der Waals surface area contributed by atoms with Crippen molar-refractivity contribution in [3.8, 4) is 0 Å². The summed E-state index contributed by atoms with van der Waals surface area (Å²) in [5.74, 6) is -0.207. The van der Waals surface area contributed by atoms with E-state index in [1.807, 2.05) is 18.2 Å². The van der Waals surface area contributed by atoms with Crippen LogP contribution in [0.15, 0.2) is 47.4 Å². The summed E-state index contributed by atoms with van der Waals surface area (Å²) in [5, 5.41) is 2.87. The van der Waals surface area contributed by atoms with E-state index in [4.69, 9.17) is 0 Å². The molecule has 1 N–H and O–H groups in total. The molecule has 1 saturated heterocycles. The van der Waals surface area contributed by atoms with Crippen molar-refractivity contribution in [2.24, 2.45) is 0 Å². The van der Waals surface area contributed by atoms with Crippen molar-refractivity contribution in [2.45, 2.75) is 30.3 Å². The minimum absolute atomic E-state index is 0.0145. The van der Waals surface area contributed by atoms with Crippen molar-refractivity contribution in [1.29, 1.82) is 0 Å². The largest absolute Gasteiger partial charge is 0.417 e. The quantitative estimate of drug-likeness (QED) is 0.734. The first kappa shape index (κ1) is 22.8. The number of rotatable bonds is 5. The normalized spacial score (nSPS) is 17.8. The number of nitrogens with one attached hydrogen (secondary N) is 1. The number of piperazine rings is 1. The molecule has 0 radical (unpaired) electrons. The van der Waals surface area contributed by atoms with Crippen LogP contribution < -0.4 is 5.32 Å². The average Bonchev–Trinajstić information content (AvgIpc) is 3.21. The van der Waals surface area contributed by atoms with Gasteiger partial charge < -0.3 is 5.32 Å². The number of halogens is 3. The van der Waals surface area contributed by atoms with Gasteiger partial charge in [-0.15, -0.1) is 0 Å². The van der Waals surface area contributed by atoms with Gasteiger partial charge in [0.1, 0.15) is 0 Å². The van der Waals surface area contributed by atoms with E-state index in [-0.39, 0.29) is 38.6 Å². The Balaban J connectivity index is 1.35. The second-order valence-corrected chi connectivity index (χ2v) is 9.97. The fourth-order valence-corrected chi connectivity index (χ4v) is 5.88. The maximum absolute atomic E-state index is 13.3. The van der Waals surface area contributed by atoms with Gasteiger partial charge in [0.05, 0.1) is 17.0 Å². The van der Waals surface area contributed by atoms with E-state index in [1.165, 1.54) is 23.3 Å². The smallest absolute Gasteiger partial charge is 0.325 e. The number of carbonyl (C=O) groups is 1. The lowest BCUT2D eigenvalue weighted by Crippen LogP contribution is -2.50. The van der Waals surface area contributed by atoms with E-state index in [9.17, 15) is 26.4 Å². The standard InChI is InChI=1S/C22H24F3N3O3S/c23-22(24,25)19-6-1-2-7-20(19)32(30,31)28-12-10-27(11-13-28)15-21(29)26-18-9-8-16-4-3-5-17(16)14-18/h1-2,6-9,14H,3-5,10-13,15H2,(H,26,29). The molecular weight excluding hydrogens is 443 g/mol. The van der Waals surface area contributed by atoms with Gasteiger partial charge >= 0.3 is 6.18 Å². The predicted octanol–water partition coefficient (Wildman–Crippen LogP) is 3.14. The molecule has 1 fully saturated rings. The number of amides is 1. The molecule has 1 amide bonds. The number of anilines is 1. The Bertz CT molecular complexity index is 1110. The van der Waals surface area contributed by atoms with E-state index in [2.05, 4.69) is 5.32 Å². The first-order valence-corrected chi connectivity index (χ1v) is 11.9. The Labute approximate surface area is 185 Å². The van der Waals surface area contributed by atoms with Gasteiger partial charge in [0, 0.05) is 31.9 Å². The molecule has 1 heterocycles. The molecule has 6 nitrogen and oxygen atoms in total. The van der Waals surface area contributed by atoms with E-state index in [1.54, 1.807) is 4.90 Å². The number of benzene rings is 2. The third kappa shape index (κ3) is 4.82. The second kappa shape index (κ2) is 8.84. The number of hydrogen-bond acceptors (Lipinski definition) is 4. The molecule has 1 aliphatic carbocycles. The lowest BCUT2D eigenvalue weighted by Gasteiger charge is -2.34. The topological polar surface area (TPSA) is 69.7 Å². The van der Waals surface area contributed by atoms with Gasteiger partial charge in [0.25, 0.3) is 0 Å². The molecule has 2 aromatic rings. The van der Waals surface area contributed by atoms with Crippen LogP contribution in [-0.2, 0) is 33.8 Å². The van der Waals surface area contributed by atoms with Crippen LogP contribution in [0.2, 0.25) is 0 Å². The molecule has 0 atom stereocenters. The third-order valence-corrected chi connectivity index (χ3v) is 7.85. The van der Waals surface area contributed by atoms with Crippen molar-refractivity contribution in [1.82, 2.24) is 9.21 Å². The number of fused-ring (bicyclic) bond motifs is 1. The molecule has 2 aliphatic rings. The highest BCUT2D eigenvalue weighted by Gasteiger charge is 2.39. The number of aryl methyl sites for hydroxylation is 2. The van der Waals surface area contributed by atoms with Crippen LogP contribution in [-0.4, -0.2) is 56.3 Å². The molecule has 0 unspecified atom stereocenters. The van der Waals surface area contributed by atoms with E-state index >= 15 is 0 Å². The molecule has 2 aromatic carbocycles. The molecule has 0 aromatic heterocycles. The van der Waals surface area contributed by atoms with Crippen molar-refractivity contribution in [3.05, 3.63) is 59.2 Å². The van der Waals surface area contributed by atoms with Crippen LogP contribution in [0.4, 0.5) is 18.9 Å². The molecule has 0 saturated carbocycles. The summed E-state index contributed by atoms with van der Waals surface area (Å²) in [6, 6.07) is 10.1. The zero-order valence-corrected chi connectivity index (χ0v) is 18.2. The number of carbonyl (C=O) groups excluding carboxylic acids is 1. The van der Waals surface area contributed by atoms with Gasteiger partial charge in [-0.05, 0) is 54.7 Å². The van der Waals surface area contributed by atoms with Crippen LogP contribution in [0.3, 0.4) is 0 Å². The lowest BCUT2D eigenvalue weighted by atomic mass is 10.1. The van der Waals surface area contributed by atoms with Crippen LogP contribution in [0.1, 0.15) is 23.1 Å². The summed E-state index contributed by atoms with van der Waals surface area (Å²) in [6.07, 6.45) is -1.58. The third-order valence-electron chi connectivity index (χ3n) is 5.89. The Hall–Kier alpha value is -2.43. The zero-order chi connectivity index (χ0) is 22.9. The zero-order valence-electron chi connectivity index (χ0n) is 17.4. The van der Waals surface area contributed by atoms with Crippen LogP contribution in [0, 0.1) is 0 Å². The van der Waals surface area contributed by atoms with Crippen LogP contribution in [0.25, 0.3) is 0 Å². The van der Waals surface area contributed by atoms with Crippen LogP contribution in [0.5, 0.6) is 0 Å². The Morgan fingerprint density at radius 3 is 2.38 bits per heavy atom. The first-order valence-electron chi connectivity index (χ1n) is 10.4. The summed E-state index contributed by atoms with van der Waals surface area (Å²) in [4.78, 5) is 13.5. The molecule has 4 rings (SSSR count). The monoisotopic (exact) mass is 467 g/mol. The first-order chi connectivity index (χ1) is 15.1. The van der Waals surface area contributed by atoms with Gasteiger partial charge in [0.15, 0.2) is 0 Å². The molecule has 10 heteroatoms. The van der Waals surface area contributed by atoms with Gasteiger partial charge in [-0.3, -0.25) is 9.69 Å². The fourth-order valence-electron chi connectivity index (χ4n) is 4.25.